The number of hydrogen-bond donors (Lipinski definition) is 2. The third-order valence-electron chi connectivity index (χ3n) is 3.18. The molecule has 1 aromatic carbocycles. The zero-order valence-electron chi connectivity index (χ0n) is 11.2. The molecule has 2 rings (SSSR count). The van der Waals surface area contributed by atoms with Gasteiger partial charge in [-0.25, -0.2) is 0 Å². The number of carbonyl (C=O) groups excluding carboxylic acids is 1. The highest BCUT2D eigenvalue weighted by atomic mass is 35.5. The van der Waals surface area contributed by atoms with Crippen molar-refractivity contribution in [1.82, 2.24) is 10.2 Å². The summed E-state index contributed by atoms with van der Waals surface area (Å²) >= 11 is 5.76. The van der Waals surface area contributed by atoms with Crippen molar-refractivity contribution in [2.75, 3.05) is 39.4 Å². The molecular formula is C14H19ClN2O3. The van der Waals surface area contributed by atoms with Crippen LogP contribution in [0.25, 0.3) is 0 Å². The minimum absolute atomic E-state index is 0.206. The fourth-order valence-electron chi connectivity index (χ4n) is 2.06. The number of benzene rings is 1. The monoisotopic (exact) mass is 298 g/mol. The molecule has 0 bridgehead atoms. The Hall–Kier alpha value is -1.14. The number of hydrogen-bond acceptors (Lipinski definition) is 4. The molecule has 1 aliphatic rings. The number of halogens is 1. The standard InChI is InChI=1S/C14H19ClN2O3/c15-12-3-1-11(2-4-12)14(19)16-9-13(18)10-17-5-7-20-8-6-17/h1-4,13,18H,5-10H2,(H,16,19). The molecule has 0 radical (unpaired) electrons. The van der Waals surface area contributed by atoms with E-state index in [1.165, 1.54) is 0 Å². The van der Waals surface area contributed by atoms with Crippen molar-refractivity contribution >= 4 is 17.5 Å². The molecule has 20 heavy (non-hydrogen) atoms. The summed E-state index contributed by atoms with van der Waals surface area (Å²) in [5, 5.41) is 13.2. The molecule has 1 aliphatic heterocycles. The molecule has 0 spiro atoms. The maximum Gasteiger partial charge on any atom is 0.251 e. The predicted molar refractivity (Wildman–Crippen MR) is 77.1 cm³/mol. The van der Waals surface area contributed by atoms with Gasteiger partial charge >= 0.3 is 0 Å². The Morgan fingerprint density at radius 3 is 2.65 bits per heavy atom. The summed E-state index contributed by atoms with van der Waals surface area (Å²) in [5.41, 5.74) is 0.535. The van der Waals surface area contributed by atoms with E-state index in [-0.39, 0.29) is 12.5 Å². The number of morpholine rings is 1. The van der Waals surface area contributed by atoms with Gasteiger partial charge in [-0.05, 0) is 24.3 Å². The van der Waals surface area contributed by atoms with Gasteiger partial charge < -0.3 is 15.2 Å². The van der Waals surface area contributed by atoms with Gasteiger partial charge in [0, 0.05) is 36.8 Å². The average Bonchev–Trinajstić information content (AvgIpc) is 2.46. The van der Waals surface area contributed by atoms with Crippen molar-refractivity contribution < 1.29 is 14.6 Å². The van der Waals surface area contributed by atoms with E-state index in [0.29, 0.717) is 30.3 Å². The first-order chi connectivity index (χ1) is 9.65. The van der Waals surface area contributed by atoms with Crippen LogP contribution in [-0.4, -0.2) is 61.4 Å². The Balaban J connectivity index is 1.73. The van der Waals surface area contributed by atoms with Crippen molar-refractivity contribution in [3.8, 4) is 0 Å². The molecule has 1 fully saturated rings. The first-order valence-corrected chi connectivity index (χ1v) is 7.05. The minimum Gasteiger partial charge on any atom is -0.390 e. The maximum atomic E-state index is 11.9. The Morgan fingerprint density at radius 2 is 2.00 bits per heavy atom. The number of nitrogens with one attached hydrogen (secondary N) is 1. The van der Waals surface area contributed by atoms with E-state index >= 15 is 0 Å². The fourth-order valence-corrected chi connectivity index (χ4v) is 2.19. The van der Waals surface area contributed by atoms with E-state index in [2.05, 4.69) is 10.2 Å². The summed E-state index contributed by atoms with van der Waals surface area (Å²) in [7, 11) is 0. The summed E-state index contributed by atoms with van der Waals surface area (Å²) < 4.78 is 5.24. The number of aliphatic hydroxyl groups excluding tert-OH is 1. The van der Waals surface area contributed by atoms with Gasteiger partial charge in [-0.3, -0.25) is 9.69 Å². The van der Waals surface area contributed by atoms with Gasteiger partial charge in [0.25, 0.3) is 5.91 Å². The molecule has 1 amide bonds. The van der Waals surface area contributed by atoms with E-state index in [9.17, 15) is 9.90 Å². The largest absolute Gasteiger partial charge is 0.390 e. The Labute approximate surface area is 123 Å². The number of rotatable bonds is 5. The summed E-state index contributed by atoms with van der Waals surface area (Å²) in [5.74, 6) is -0.206. The van der Waals surface area contributed by atoms with Crippen LogP contribution < -0.4 is 5.32 Å². The molecule has 1 saturated heterocycles. The van der Waals surface area contributed by atoms with Gasteiger partial charge in [0.15, 0.2) is 0 Å². The molecule has 0 aliphatic carbocycles. The van der Waals surface area contributed by atoms with Crippen LogP contribution >= 0.6 is 11.6 Å². The van der Waals surface area contributed by atoms with E-state index in [0.717, 1.165) is 13.1 Å². The number of aliphatic hydroxyl groups is 1. The quantitative estimate of drug-likeness (QED) is 0.843. The maximum absolute atomic E-state index is 11.9. The summed E-state index contributed by atoms with van der Waals surface area (Å²) in [6.45, 7) is 3.82. The second kappa shape index (κ2) is 7.59. The predicted octanol–water partition coefficient (Wildman–Crippen LogP) is 0.763. The lowest BCUT2D eigenvalue weighted by Gasteiger charge is -2.28. The summed E-state index contributed by atoms with van der Waals surface area (Å²) in [4.78, 5) is 14.0. The minimum atomic E-state index is -0.579. The highest BCUT2D eigenvalue weighted by Crippen LogP contribution is 2.09. The summed E-state index contributed by atoms with van der Waals surface area (Å²) in [6, 6.07) is 6.65. The van der Waals surface area contributed by atoms with E-state index < -0.39 is 6.10 Å². The Bertz CT molecular complexity index is 433. The van der Waals surface area contributed by atoms with Crippen molar-refractivity contribution in [3.05, 3.63) is 34.9 Å². The second-order valence-corrected chi connectivity index (χ2v) is 5.22. The van der Waals surface area contributed by atoms with Gasteiger partial charge in [0.1, 0.15) is 0 Å². The van der Waals surface area contributed by atoms with Crippen LogP contribution in [0.1, 0.15) is 10.4 Å². The van der Waals surface area contributed by atoms with E-state index in [1.807, 2.05) is 0 Å². The van der Waals surface area contributed by atoms with Crippen molar-refractivity contribution in [1.29, 1.82) is 0 Å². The number of nitrogens with zero attached hydrogens (tertiary/aromatic N) is 1. The van der Waals surface area contributed by atoms with Crippen LogP contribution in [0, 0.1) is 0 Å². The Morgan fingerprint density at radius 1 is 1.35 bits per heavy atom. The lowest BCUT2D eigenvalue weighted by Crippen LogP contribution is -2.44. The second-order valence-electron chi connectivity index (χ2n) is 4.78. The molecule has 0 saturated carbocycles. The third-order valence-corrected chi connectivity index (χ3v) is 3.43. The zero-order chi connectivity index (χ0) is 14.4. The van der Waals surface area contributed by atoms with Gasteiger partial charge in [0.05, 0.1) is 19.3 Å². The summed E-state index contributed by atoms with van der Waals surface area (Å²) in [6.07, 6.45) is -0.579. The highest BCUT2D eigenvalue weighted by Gasteiger charge is 2.15. The van der Waals surface area contributed by atoms with Crippen LogP contribution in [0.2, 0.25) is 5.02 Å². The fraction of sp³-hybridized carbons (Fsp3) is 0.500. The lowest BCUT2D eigenvalue weighted by atomic mass is 10.2. The highest BCUT2D eigenvalue weighted by molar-refractivity contribution is 6.30. The molecule has 2 N–H and O–H groups in total. The van der Waals surface area contributed by atoms with Crippen molar-refractivity contribution in [2.24, 2.45) is 0 Å². The first kappa shape index (κ1) is 15.3. The SMILES string of the molecule is O=C(NCC(O)CN1CCOCC1)c1ccc(Cl)cc1. The molecule has 1 aromatic rings. The zero-order valence-corrected chi connectivity index (χ0v) is 12.0. The van der Waals surface area contributed by atoms with Gasteiger partial charge in [-0.2, -0.15) is 0 Å². The molecule has 6 heteroatoms. The molecule has 1 unspecified atom stereocenters. The van der Waals surface area contributed by atoms with Crippen molar-refractivity contribution in [2.45, 2.75) is 6.10 Å². The van der Waals surface area contributed by atoms with Crippen LogP contribution in [0.5, 0.6) is 0 Å². The molecule has 5 nitrogen and oxygen atoms in total. The van der Waals surface area contributed by atoms with E-state index in [4.69, 9.17) is 16.3 Å². The molecule has 1 atom stereocenters. The normalized spacial score (nSPS) is 17.7. The topological polar surface area (TPSA) is 61.8 Å². The number of β-amino-alcohol motifs (C(OH)–C–C–N with tert-alkyl or cyclic N) is 1. The van der Waals surface area contributed by atoms with Crippen LogP contribution in [-0.2, 0) is 4.74 Å². The number of carbonyl (C=O) groups is 1. The smallest absolute Gasteiger partial charge is 0.251 e. The first-order valence-electron chi connectivity index (χ1n) is 6.67. The Kier molecular flexibility index (Phi) is 5.79. The molecule has 1 heterocycles. The number of ether oxygens (including phenoxy) is 1. The molecular weight excluding hydrogens is 280 g/mol. The third kappa shape index (κ3) is 4.76. The van der Waals surface area contributed by atoms with Crippen molar-refractivity contribution in [3.63, 3.8) is 0 Å². The van der Waals surface area contributed by atoms with Gasteiger partial charge in [-0.15, -0.1) is 0 Å². The lowest BCUT2D eigenvalue weighted by molar-refractivity contribution is 0.0149. The molecule has 0 aromatic heterocycles. The van der Waals surface area contributed by atoms with E-state index in [1.54, 1.807) is 24.3 Å². The number of amides is 1. The van der Waals surface area contributed by atoms with Crippen LogP contribution in [0.15, 0.2) is 24.3 Å². The van der Waals surface area contributed by atoms with Crippen LogP contribution in [0.3, 0.4) is 0 Å². The molecule has 110 valence electrons. The van der Waals surface area contributed by atoms with Gasteiger partial charge in [0.2, 0.25) is 0 Å². The van der Waals surface area contributed by atoms with Crippen LogP contribution in [0.4, 0.5) is 0 Å². The van der Waals surface area contributed by atoms with Gasteiger partial charge in [-0.1, -0.05) is 11.6 Å². The average molecular weight is 299 g/mol.